The standard InChI is InChI=1S/C22H26ClFO2/c1-7-18(22(25)26)16(5)20(24)11-9-13(2)8-10-19-14(3)12-15(4)21(23)17(19)6/h8-12H,7H2,1-6H3,(H,25,26). The molecule has 2 nitrogen and oxygen atoms in total. The smallest absolute Gasteiger partial charge is 0.331 e. The highest BCUT2D eigenvalue weighted by Crippen LogP contribution is 2.27. The van der Waals surface area contributed by atoms with E-state index in [1.807, 2.05) is 45.9 Å². The normalized spacial score (nSPS) is 14.0. The number of rotatable bonds is 6. The van der Waals surface area contributed by atoms with Crippen LogP contribution in [0.5, 0.6) is 0 Å². The first-order valence-electron chi connectivity index (χ1n) is 8.52. The molecule has 0 aliphatic rings. The van der Waals surface area contributed by atoms with Crippen molar-refractivity contribution in [2.45, 2.75) is 48.0 Å². The first-order valence-corrected chi connectivity index (χ1v) is 8.89. The summed E-state index contributed by atoms with van der Waals surface area (Å²) in [6, 6.07) is 2.04. The summed E-state index contributed by atoms with van der Waals surface area (Å²) in [5.41, 5.74) is 5.32. The van der Waals surface area contributed by atoms with Gasteiger partial charge in [-0.25, -0.2) is 9.18 Å². The Morgan fingerprint density at radius 2 is 1.81 bits per heavy atom. The molecule has 0 radical (unpaired) electrons. The van der Waals surface area contributed by atoms with Gasteiger partial charge >= 0.3 is 5.97 Å². The molecule has 0 bridgehead atoms. The molecule has 1 rings (SSSR count). The summed E-state index contributed by atoms with van der Waals surface area (Å²) in [7, 11) is 0. The number of benzene rings is 1. The van der Waals surface area contributed by atoms with Gasteiger partial charge in [-0.2, -0.15) is 0 Å². The van der Waals surface area contributed by atoms with Crippen LogP contribution in [0, 0.1) is 20.8 Å². The third-order valence-corrected chi connectivity index (χ3v) is 4.95. The van der Waals surface area contributed by atoms with Gasteiger partial charge in [-0.05, 0) is 74.9 Å². The van der Waals surface area contributed by atoms with E-state index < -0.39 is 11.8 Å². The number of carboxylic acid groups (broad SMARTS) is 1. The van der Waals surface area contributed by atoms with Crippen molar-refractivity contribution in [3.8, 4) is 0 Å². The number of aliphatic carboxylic acids is 1. The third-order valence-electron chi connectivity index (χ3n) is 4.37. The van der Waals surface area contributed by atoms with Gasteiger partial charge < -0.3 is 5.11 Å². The summed E-state index contributed by atoms with van der Waals surface area (Å²) < 4.78 is 14.2. The van der Waals surface area contributed by atoms with Gasteiger partial charge in [0.25, 0.3) is 0 Å². The van der Waals surface area contributed by atoms with E-state index in [-0.39, 0.29) is 17.6 Å². The van der Waals surface area contributed by atoms with Crippen LogP contribution in [0.15, 0.2) is 46.8 Å². The van der Waals surface area contributed by atoms with Crippen LogP contribution in [0.1, 0.15) is 49.4 Å². The molecule has 1 aromatic rings. The van der Waals surface area contributed by atoms with Crippen molar-refractivity contribution in [3.63, 3.8) is 0 Å². The van der Waals surface area contributed by atoms with E-state index in [9.17, 15) is 9.18 Å². The molecule has 0 heterocycles. The topological polar surface area (TPSA) is 37.3 Å². The van der Waals surface area contributed by atoms with Crippen LogP contribution < -0.4 is 0 Å². The van der Waals surface area contributed by atoms with Crippen molar-refractivity contribution in [1.82, 2.24) is 0 Å². The number of carbonyl (C=O) groups is 1. The molecule has 0 saturated carbocycles. The lowest BCUT2D eigenvalue weighted by atomic mass is 9.98. The van der Waals surface area contributed by atoms with Crippen LogP contribution in [-0.4, -0.2) is 11.1 Å². The molecule has 0 atom stereocenters. The van der Waals surface area contributed by atoms with E-state index in [0.29, 0.717) is 0 Å². The van der Waals surface area contributed by atoms with Gasteiger partial charge in [-0.3, -0.25) is 0 Å². The summed E-state index contributed by atoms with van der Waals surface area (Å²) in [5.74, 6) is -1.63. The van der Waals surface area contributed by atoms with Crippen LogP contribution in [0.3, 0.4) is 0 Å². The van der Waals surface area contributed by atoms with Gasteiger partial charge in [0.1, 0.15) is 5.83 Å². The predicted octanol–water partition coefficient (Wildman–Crippen LogP) is 6.89. The number of hydrogen-bond donors (Lipinski definition) is 1. The van der Waals surface area contributed by atoms with Gasteiger partial charge in [0.15, 0.2) is 0 Å². The maximum Gasteiger partial charge on any atom is 0.331 e. The third kappa shape index (κ3) is 5.43. The average Bonchev–Trinajstić information content (AvgIpc) is 2.57. The van der Waals surface area contributed by atoms with Crippen LogP contribution in [0.25, 0.3) is 6.08 Å². The fourth-order valence-electron chi connectivity index (χ4n) is 2.75. The monoisotopic (exact) mass is 376 g/mol. The molecular weight excluding hydrogens is 351 g/mol. The Balaban J connectivity index is 3.12. The van der Waals surface area contributed by atoms with E-state index in [4.69, 9.17) is 16.7 Å². The second-order valence-electron chi connectivity index (χ2n) is 6.38. The summed E-state index contributed by atoms with van der Waals surface area (Å²) in [5, 5.41) is 9.84. The molecule has 0 amide bonds. The summed E-state index contributed by atoms with van der Waals surface area (Å²) in [6.45, 7) is 11.0. The van der Waals surface area contributed by atoms with Gasteiger partial charge in [0.05, 0.1) is 0 Å². The fourth-order valence-corrected chi connectivity index (χ4v) is 2.91. The Kier molecular flexibility index (Phi) is 8.04. The molecule has 1 N–H and O–H groups in total. The Labute approximate surface area is 160 Å². The van der Waals surface area contributed by atoms with Gasteiger partial charge in [-0.1, -0.05) is 48.4 Å². The molecule has 0 unspecified atom stereocenters. The van der Waals surface area contributed by atoms with Crippen LogP contribution in [-0.2, 0) is 4.79 Å². The Morgan fingerprint density at radius 3 is 2.35 bits per heavy atom. The molecule has 0 spiro atoms. The van der Waals surface area contributed by atoms with Crippen LogP contribution in [0.2, 0.25) is 5.02 Å². The van der Waals surface area contributed by atoms with Gasteiger partial charge in [0.2, 0.25) is 0 Å². The van der Waals surface area contributed by atoms with E-state index in [2.05, 4.69) is 0 Å². The number of allylic oxidation sites excluding steroid dienone is 6. The molecule has 26 heavy (non-hydrogen) atoms. The zero-order valence-electron chi connectivity index (χ0n) is 16.2. The highest BCUT2D eigenvalue weighted by Gasteiger charge is 2.11. The van der Waals surface area contributed by atoms with Crippen molar-refractivity contribution in [1.29, 1.82) is 0 Å². The SMILES string of the molecule is CCC(C(=O)O)=C(C)C(F)=CC=C(C)C=Cc1c(C)cc(C)c(Cl)c1C. The minimum Gasteiger partial charge on any atom is -0.478 e. The zero-order chi connectivity index (χ0) is 20.0. The highest BCUT2D eigenvalue weighted by molar-refractivity contribution is 6.32. The minimum atomic E-state index is -1.09. The molecule has 0 fully saturated rings. The quantitative estimate of drug-likeness (QED) is 0.433. The van der Waals surface area contributed by atoms with Crippen molar-refractivity contribution >= 4 is 23.6 Å². The first kappa shape index (κ1) is 21.9. The number of hydrogen-bond acceptors (Lipinski definition) is 1. The molecule has 0 saturated heterocycles. The number of aryl methyl sites for hydroxylation is 2. The van der Waals surface area contributed by atoms with E-state index >= 15 is 0 Å². The van der Waals surface area contributed by atoms with Crippen molar-refractivity contribution < 1.29 is 14.3 Å². The van der Waals surface area contributed by atoms with Crippen molar-refractivity contribution in [3.05, 3.63) is 74.1 Å². The number of carboxylic acids is 1. The van der Waals surface area contributed by atoms with E-state index in [1.54, 1.807) is 13.0 Å². The molecule has 0 aliphatic carbocycles. The lowest BCUT2D eigenvalue weighted by molar-refractivity contribution is -0.132. The Hall–Kier alpha value is -2.13. The zero-order valence-corrected chi connectivity index (χ0v) is 17.0. The van der Waals surface area contributed by atoms with Crippen LogP contribution >= 0.6 is 11.6 Å². The first-order chi connectivity index (χ1) is 12.1. The maximum absolute atomic E-state index is 14.2. The summed E-state index contributed by atoms with van der Waals surface area (Å²) in [6.07, 6.45) is 7.06. The molecule has 140 valence electrons. The van der Waals surface area contributed by atoms with Crippen molar-refractivity contribution in [2.24, 2.45) is 0 Å². The largest absolute Gasteiger partial charge is 0.478 e. The Bertz CT molecular complexity index is 827. The summed E-state index contributed by atoms with van der Waals surface area (Å²) >= 11 is 6.32. The second-order valence-corrected chi connectivity index (χ2v) is 6.76. The average molecular weight is 377 g/mol. The van der Waals surface area contributed by atoms with Crippen LogP contribution in [0.4, 0.5) is 4.39 Å². The molecular formula is C22H26ClFO2. The minimum absolute atomic E-state index is 0.0842. The van der Waals surface area contributed by atoms with Crippen molar-refractivity contribution in [2.75, 3.05) is 0 Å². The lowest BCUT2D eigenvalue weighted by Gasteiger charge is -2.10. The molecule has 0 aliphatic heterocycles. The second kappa shape index (κ2) is 9.54. The molecule has 1 aromatic carbocycles. The molecule has 4 heteroatoms. The lowest BCUT2D eigenvalue weighted by Crippen LogP contribution is -2.02. The highest BCUT2D eigenvalue weighted by atomic mass is 35.5. The number of halogens is 2. The Morgan fingerprint density at radius 1 is 1.19 bits per heavy atom. The maximum atomic E-state index is 14.2. The van der Waals surface area contributed by atoms with Gasteiger partial charge in [-0.15, -0.1) is 0 Å². The fraction of sp³-hybridized carbons (Fsp3) is 0.318. The molecule has 0 aromatic heterocycles. The predicted molar refractivity (Wildman–Crippen MR) is 108 cm³/mol. The summed E-state index contributed by atoms with van der Waals surface area (Å²) in [4.78, 5) is 11.1. The van der Waals surface area contributed by atoms with E-state index in [1.165, 1.54) is 13.0 Å². The van der Waals surface area contributed by atoms with E-state index in [0.717, 1.165) is 32.8 Å². The van der Waals surface area contributed by atoms with Gasteiger partial charge in [0, 0.05) is 10.6 Å².